The fourth-order valence-electron chi connectivity index (χ4n) is 4.90. The Hall–Kier alpha value is -3.37. The Bertz CT molecular complexity index is 1400. The molecule has 0 atom stereocenters. The van der Waals surface area contributed by atoms with E-state index in [4.69, 9.17) is 4.74 Å². The predicted octanol–water partition coefficient (Wildman–Crippen LogP) is 2.39. The van der Waals surface area contributed by atoms with E-state index >= 15 is 0 Å². The van der Waals surface area contributed by atoms with Gasteiger partial charge in [-0.25, -0.2) is 18.9 Å². The summed E-state index contributed by atoms with van der Waals surface area (Å²) in [6, 6.07) is 3.90. The van der Waals surface area contributed by atoms with Gasteiger partial charge in [0.05, 0.1) is 23.6 Å². The van der Waals surface area contributed by atoms with Crippen LogP contribution >= 0.6 is 0 Å². The van der Waals surface area contributed by atoms with Gasteiger partial charge in [-0.05, 0) is 44.4 Å². The van der Waals surface area contributed by atoms with Gasteiger partial charge in [-0.1, -0.05) is 0 Å². The summed E-state index contributed by atoms with van der Waals surface area (Å²) < 4.78 is 23.6. The highest BCUT2D eigenvalue weighted by Gasteiger charge is 2.34. The number of carbonyl (C=O) groups is 1. The van der Waals surface area contributed by atoms with Crippen LogP contribution < -0.4 is 5.32 Å². The van der Waals surface area contributed by atoms with E-state index < -0.39 is 5.82 Å². The molecule has 0 aromatic carbocycles. The molecule has 4 aromatic heterocycles. The summed E-state index contributed by atoms with van der Waals surface area (Å²) in [4.78, 5) is 23.9. The lowest BCUT2D eigenvalue weighted by Crippen LogP contribution is -2.62. The van der Waals surface area contributed by atoms with E-state index in [1.807, 2.05) is 26.1 Å². The Kier molecular flexibility index (Phi) is 5.07. The van der Waals surface area contributed by atoms with E-state index in [0.717, 1.165) is 56.0 Å². The third kappa shape index (κ3) is 3.72. The number of carbonyl (C=O) groups excluding carboxylic acids is 1. The van der Waals surface area contributed by atoms with Gasteiger partial charge in [0.15, 0.2) is 17.1 Å². The first-order valence-electron chi connectivity index (χ1n) is 11.6. The number of pyridine rings is 1. The maximum Gasteiger partial charge on any atom is 0.271 e. The number of ether oxygens (including phenoxy) is 1. The van der Waals surface area contributed by atoms with Gasteiger partial charge in [0.1, 0.15) is 5.69 Å². The van der Waals surface area contributed by atoms with Crippen LogP contribution in [0.15, 0.2) is 30.7 Å². The maximum absolute atomic E-state index is 14.9. The van der Waals surface area contributed by atoms with Crippen molar-refractivity contribution in [3.8, 4) is 11.3 Å². The Morgan fingerprint density at radius 2 is 1.88 bits per heavy atom. The molecule has 0 saturated carbocycles. The van der Waals surface area contributed by atoms with Crippen molar-refractivity contribution in [3.63, 3.8) is 0 Å². The van der Waals surface area contributed by atoms with Gasteiger partial charge in [0.25, 0.3) is 5.91 Å². The molecule has 34 heavy (non-hydrogen) atoms. The topological polar surface area (TPSA) is 89.1 Å². The van der Waals surface area contributed by atoms with Gasteiger partial charge in [0, 0.05) is 50.3 Å². The molecule has 1 N–H and O–H groups in total. The van der Waals surface area contributed by atoms with Crippen molar-refractivity contribution >= 4 is 17.2 Å². The van der Waals surface area contributed by atoms with E-state index in [0.29, 0.717) is 17.3 Å². The second-order valence-corrected chi connectivity index (χ2v) is 9.26. The number of hydrogen-bond donors (Lipinski definition) is 1. The lowest BCUT2D eigenvalue weighted by Gasteiger charge is -2.45. The molecule has 0 aliphatic carbocycles. The summed E-state index contributed by atoms with van der Waals surface area (Å²) in [6.07, 6.45) is 7.23. The first-order valence-corrected chi connectivity index (χ1v) is 11.6. The van der Waals surface area contributed by atoms with Gasteiger partial charge in [-0.2, -0.15) is 5.10 Å². The highest BCUT2D eigenvalue weighted by atomic mass is 19.1. The number of fused-ring (bicyclic) bond motifs is 2. The van der Waals surface area contributed by atoms with E-state index in [9.17, 15) is 9.18 Å². The van der Waals surface area contributed by atoms with Crippen LogP contribution in [0.25, 0.3) is 22.6 Å². The largest absolute Gasteiger partial charge is 0.381 e. The standard InChI is InChI=1S/C24H26FN7O2/c1-14-7-20(29-32-9-15(2)26-22(14)32)16-8-19(25)23-28-21(13-31(23)10-16)24(33)27-17-11-30(12-17)18-3-5-34-6-4-18/h7-10,13,17-18H,3-6,11-12H2,1-2H3,(H,27,33). The average Bonchev–Trinajstić information content (AvgIpc) is 3.40. The molecule has 0 radical (unpaired) electrons. The van der Waals surface area contributed by atoms with Gasteiger partial charge >= 0.3 is 0 Å². The molecule has 9 nitrogen and oxygen atoms in total. The van der Waals surface area contributed by atoms with Crippen molar-refractivity contribution in [2.45, 2.75) is 38.8 Å². The van der Waals surface area contributed by atoms with Crippen molar-refractivity contribution in [1.29, 1.82) is 0 Å². The summed E-state index contributed by atoms with van der Waals surface area (Å²) in [5.41, 5.74) is 4.10. The summed E-state index contributed by atoms with van der Waals surface area (Å²) in [5.74, 6) is -0.794. The lowest BCUT2D eigenvalue weighted by molar-refractivity contribution is -0.00294. The molecule has 0 spiro atoms. The van der Waals surface area contributed by atoms with Crippen LogP contribution in [0.3, 0.4) is 0 Å². The highest BCUT2D eigenvalue weighted by Crippen LogP contribution is 2.24. The van der Waals surface area contributed by atoms with E-state index in [-0.39, 0.29) is 23.3 Å². The van der Waals surface area contributed by atoms with Gasteiger partial charge < -0.3 is 14.5 Å². The Labute approximate surface area is 195 Å². The number of aromatic nitrogens is 5. The summed E-state index contributed by atoms with van der Waals surface area (Å²) >= 11 is 0. The molecule has 4 aromatic rings. The smallest absolute Gasteiger partial charge is 0.271 e. The summed E-state index contributed by atoms with van der Waals surface area (Å²) in [7, 11) is 0. The molecule has 1 amide bonds. The minimum Gasteiger partial charge on any atom is -0.381 e. The number of likely N-dealkylation sites (tertiary alicyclic amines) is 1. The molecule has 0 unspecified atom stereocenters. The van der Waals surface area contributed by atoms with Crippen LogP contribution in [0, 0.1) is 19.7 Å². The molecule has 0 bridgehead atoms. The van der Waals surface area contributed by atoms with E-state index in [2.05, 4.69) is 25.3 Å². The van der Waals surface area contributed by atoms with Crippen molar-refractivity contribution in [2.24, 2.45) is 0 Å². The van der Waals surface area contributed by atoms with Crippen LogP contribution in [0.1, 0.15) is 34.6 Å². The van der Waals surface area contributed by atoms with Crippen LogP contribution in [0.2, 0.25) is 0 Å². The SMILES string of the molecule is Cc1cn2nc(-c3cc(F)c4nc(C(=O)NC5CN(C6CCOCC6)C5)cn4c3)cc(C)c2n1. The lowest BCUT2D eigenvalue weighted by atomic mass is 10.00. The minimum absolute atomic E-state index is 0.0816. The first kappa shape index (κ1) is 21.2. The molecule has 10 heteroatoms. The number of amides is 1. The number of nitrogens with zero attached hydrogens (tertiary/aromatic N) is 6. The van der Waals surface area contributed by atoms with Crippen molar-refractivity contribution in [1.82, 2.24) is 34.2 Å². The van der Waals surface area contributed by atoms with E-state index in [1.165, 1.54) is 6.07 Å². The number of aryl methyl sites for hydroxylation is 2. The van der Waals surface area contributed by atoms with Gasteiger partial charge in [0.2, 0.25) is 0 Å². The number of imidazole rings is 2. The van der Waals surface area contributed by atoms with Crippen LogP contribution in [-0.2, 0) is 4.74 Å². The molecule has 2 aliphatic rings. The highest BCUT2D eigenvalue weighted by molar-refractivity contribution is 5.93. The Morgan fingerprint density at radius 3 is 2.68 bits per heavy atom. The minimum atomic E-state index is -0.507. The fourth-order valence-corrected chi connectivity index (χ4v) is 4.90. The zero-order valence-corrected chi connectivity index (χ0v) is 19.2. The third-order valence-corrected chi connectivity index (χ3v) is 6.72. The summed E-state index contributed by atoms with van der Waals surface area (Å²) in [6.45, 7) is 7.11. The second-order valence-electron chi connectivity index (χ2n) is 9.26. The molecular formula is C24H26FN7O2. The maximum atomic E-state index is 14.9. The average molecular weight is 464 g/mol. The number of nitrogens with one attached hydrogen (secondary N) is 1. The molecule has 2 saturated heterocycles. The fraction of sp³-hybridized carbons (Fsp3) is 0.417. The quantitative estimate of drug-likeness (QED) is 0.500. The Morgan fingerprint density at radius 1 is 1.09 bits per heavy atom. The Balaban J connectivity index is 1.21. The van der Waals surface area contributed by atoms with Crippen molar-refractivity contribution < 1.29 is 13.9 Å². The number of rotatable bonds is 4. The molecule has 2 aliphatic heterocycles. The second kappa shape index (κ2) is 8.14. The van der Waals surface area contributed by atoms with Gasteiger partial charge in [-0.15, -0.1) is 0 Å². The van der Waals surface area contributed by atoms with E-state index in [1.54, 1.807) is 21.3 Å². The molecule has 2 fully saturated rings. The van der Waals surface area contributed by atoms with Crippen LogP contribution in [0.4, 0.5) is 4.39 Å². The zero-order chi connectivity index (χ0) is 23.4. The number of halogens is 1. The monoisotopic (exact) mass is 463 g/mol. The van der Waals surface area contributed by atoms with Crippen LogP contribution in [0.5, 0.6) is 0 Å². The van der Waals surface area contributed by atoms with Crippen LogP contribution in [-0.4, -0.2) is 73.2 Å². The summed E-state index contributed by atoms with van der Waals surface area (Å²) in [5, 5.41) is 7.61. The van der Waals surface area contributed by atoms with Gasteiger partial charge in [-0.3, -0.25) is 9.69 Å². The molecule has 6 heterocycles. The normalized spacial score (nSPS) is 18.0. The zero-order valence-electron chi connectivity index (χ0n) is 19.2. The third-order valence-electron chi connectivity index (χ3n) is 6.72. The molecule has 176 valence electrons. The molecule has 6 rings (SSSR count). The van der Waals surface area contributed by atoms with Crippen molar-refractivity contribution in [3.05, 3.63) is 53.5 Å². The number of hydrogen-bond acceptors (Lipinski definition) is 6. The first-order chi connectivity index (χ1) is 16.4. The predicted molar refractivity (Wildman–Crippen MR) is 123 cm³/mol. The van der Waals surface area contributed by atoms with Crippen molar-refractivity contribution in [2.75, 3.05) is 26.3 Å². The molecular weight excluding hydrogens is 437 g/mol.